The predicted molar refractivity (Wildman–Crippen MR) is 109 cm³/mol. The number of carbonyl (C=O) groups is 2. The SMILES string of the molecule is CCOC(=O)c1ccc(NC(=O)COc2ccc(C3CCCCC3)cc2)cc1. The molecule has 148 valence electrons. The molecule has 5 heteroatoms. The van der Waals surface area contributed by atoms with E-state index in [4.69, 9.17) is 9.47 Å². The number of ether oxygens (including phenoxy) is 2. The van der Waals surface area contributed by atoms with Gasteiger partial charge in [0.1, 0.15) is 5.75 Å². The molecule has 0 aliphatic heterocycles. The van der Waals surface area contributed by atoms with Crippen molar-refractivity contribution in [3.8, 4) is 5.75 Å². The molecule has 0 spiro atoms. The van der Waals surface area contributed by atoms with Crippen LogP contribution in [0.1, 0.15) is 60.9 Å². The van der Waals surface area contributed by atoms with E-state index in [9.17, 15) is 9.59 Å². The number of hydrogen-bond donors (Lipinski definition) is 1. The van der Waals surface area contributed by atoms with Gasteiger partial charge in [-0.2, -0.15) is 0 Å². The summed E-state index contributed by atoms with van der Waals surface area (Å²) in [7, 11) is 0. The Balaban J connectivity index is 1.46. The van der Waals surface area contributed by atoms with Crippen molar-refractivity contribution in [3.63, 3.8) is 0 Å². The average molecular weight is 381 g/mol. The maximum atomic E-state index is 12.1. The third-order valence-corrected chi connectivity index (χ3v) is 5.01. The summed E-state index contributed by atoms with van der Waals surface area (Å²) in [5.74, 6) is 0.719. The zero-order chi connectivity index (χ0) is 19.8. The average Bonchev–Trinajstić information content (AvgIpc) is 2.74. The van der Waals surface area contributed by atoms with Crippen LogP contribution >= 0.6 is 0 Å². The molecular weight excluding hydrogens is 354 g/mol. The highest BCUT2D eigenvalue weighted by Crippen LogP contribution is 2.33. The quantitative estimate of drug-likeness (QED) is 0.691. The van der Waals surface area contributed by atoms with E-state index < -0.39 is 0 Å². The smallest absolute Gasteiger partial charge is 0.338 e. The highest BCUT2D eigenvalue weighted by atomic mass is 16.5. The fourth-order valence-corrected chi connectivity index (χ4v) is 3.52. The van der Waals surface area contributed by atoms with Gasteiger partial charge in [-0.1, -0.05) is 31.4 Å². The summed E-state index contributed by atoms with van der Waals surface area (Å²) in [6.45, 7) is 2.02. The lowest BCUT2D eigenvalue weighted by molar-refractivity contribution is -0.118. The topological polar surface area (TPSA) is 64.6 Å². The van der Waals surface area contributed by atoms with Crippen LogP contribution in [-0.2, 0) is 9.53 Å². The molecule has 28 heavy (non-hydrogen) atoms. The van der Waals surface area contributed by atoms with Crippen molar-refractivity contribution in [2.24, 2.45) is 0 Å². The van der Waals surface area contributed by atoms with Crippen LogP contribution in [0, 0.1) is 0 Å². The fraction of sp³-hybridized carbons (Fsp3) is 0.391. The van der Waals surface area contributed by atoms with E-state index in [-0.39, 0.29) is 18.5 Å². The number of anilines is 1. The Labute approximate surface area is 166 Å². The first-order valence-electron chi connectivity index (χ1n) is 9.95. The number of amides is 1. The van der Waals surface area contributed by atoms with Crippen LogP contribution in [0.5, 0.6) is 5.75 Å². The van der Waals surface area contributed by atoms with Crippen molar-refractivity contribution >= 4 is 17.6 Å². The van der Waals surface area contributed by atoms with Gasteiger partial charge in [0.2, 0.25) is 0 Å². The molecule has 1 saturated carbocycles. The van der Waals surface area contributed by atoms with Gasteiger partial charge in [-0.25, -0.2) is 4.79 Å². The normalized spacial score (nSPS) is 14.3. The van der Waals surface area contributed by atoms with Crippen LogP contribution < -0.4 is 10.1 Å². The van der Waals surface area contributed by atoms with Crippen molar-refractivity contribution in [2.45, 2.75) is 44.9 Å². The molecule has 1 N–H and O–H groups in total. The summed E-state index contributed by atoms with van der Waals surface area (Å²) in [5, 5.41) is 2.76. The molecular formula is C23H27NO4. The van der Waals surface area contributed by atoms with Gasteiger partial charge in [0.25, 0.3) is 5.91 Å². The Morgan fingerprint density at radius 1 is 0.964 bits per heavy atom. The highest BCUT2D eigenvalue weighted by Gasteiger charge is 2.15. The third kappa shape index (κ3) is 5.59. The van der Waals surface area contributed by atoms with E-state index in [1.165, 1.54) is 37.7 Å². The molecule has 0 saturated heterocycles. The highest BCUT2D eigenvalue weighted by molar-refractivity contribution is 5.93. The molecule has 1 aliphatic rings. The molecule has 0 radical (unpaired) electrons. The first-order valence-corrected chi connectivity index (χ1v) is 9.95. The third-order valence-electron chi connectivity index (χ3n) is 5.01. The maximum Gasteiger partial charge on any atom is 0.338 e. The van der Waals surface area contributed by atoms with Gasteiger partial charge in [-0.15, -0.1) is 0 Å². The van der Waals surface area contributed by atoms with Crippen LogP contribution in [0.4, 0.5) is 5.69 Å². The summed E-state index contributed by atoms with van der Waals surface area (Å²) in [4.78, 5) is 23.7. The monoisotopic (exact) mass is 381 g/mol. The summed E-state index contributed by atoms with van der Waals surface area (Å²) < 4.78 is 10.5. The molecule has 1 fully saturated rings. The zero-order valence-electron chi connectivity index (χ0n) is 16.3. The Kier molecular flexibility index (Phi) is 7.06. The lowest BCUT2D eigenvalue weighted by Crippen LogP contribution is -2.20. The molecule has 1 amide bonds. The van der Waals surface area contributed by atoms with Gasteiger partial charge in [0.15, 0.2) is 6.61 Å². The van der Waals surface area contributed by atoms with Gasteiger partial charge in [-0.3, -0.25) is 4.79 Å². The second-order valence-corrected chi connectivity index (χ2v) is 7.04. The molecule has 1 aliphatic carbocycles. The minimum Gasteiger partial charge on any atom is -0.484 e. The molecule has 2 aromatic carbocycles. The van der Waals surface area contributed by atoms with E-state index in [1.807, 2.05) is 12.1 Å². The Hall–Kier alpha value is -2.82. The van der Waals surface area contributed by atoms with Crippen molar-refractivity contribution in [1.82, 2.24) is 0 Å². The van der Waals surface area contributed by atoms with E-state index in [0.717, 1.165) is 0 Å². The van der Waals surface area contributed by atoms with E-state index in [2.05, 4.69) is 17.4 Å². The Morgan fingerprint density at radius 2 is 1.64 bits per heavy atom. The Bertz CT molecular complexity index is 777. The molecule has 2 aromatic rings. The maximum absolute atomic E-state index is 12.1. The lowest BCUT2D eigenvalue weighted by atomic mass is 9.84. The minimum atomic E-state index is -0.375. The fourth-order valence-electron chi connectivity index (χ4n) is 3.52. The van der Waals surface area contributed by atoms with Crippen LogP contribution in [0.25, 0.3) is 0 Å². The number of rotatable bonds is 7. The predicted octanol–water partition coefficient (Wildman–Crippen LogP) is 4.93. The van der Waals surface area contributed by atoms with Gasteiger partial charge in [0.05, 0.1) is 12.2 Å². The van der Waals surface area contributed by atoms with Crippen LogP contribution in [0.2, 0.25) is 0 Å². The molecule has 3 rings (SSSR count). The lowest BCUT2D eigenvalue weighted by Gasteiger charge is -2.22. The van der Waals surface area contributed by atoms with E-state index >= 15 is 0 Å². The number of benzene rings is 2. The first kappa shape index (κ1) is 19.9. The van der Waals surface area contributed by atoms with Gasteiger partial charge in [0, 0.05) is 5.69 Å². The number of nitrogens with one attached hydrogen (secondary N) is 1. The first-order chi connectivity index (χ1) is 13.7. The molecule has 0 unspecified atom stereocenters. The molecule has 5 nitrogen and oxygen atoms in total. The second kappa shape index (κ2) is 9.93. The number of carbonyl (C=O) groups excluding carboxylic acids is 2. The largest absolute Gasteiger partial charge is 0.484 e. The van der Waals surface area contributed by atoms with Gasteiger partial charge >= 0.3 is 5.97 Å². The van der Waals surface area contributed by atoms with Crippen LogP contribution in [0.3, 0.4) is 0 Å². The van der Waals surface area contributed by atoms with Crippen LogP contribution in [-0.4, -0.2) is 25.1 Å². The standard InChI is InChI=1S/C23H27NO4/c1-2-27-23(26)19-8-12-20(13-9-19)24-22(25)16-28-21-14-10-18(11-15-21)17-6-4-3-5-7-17/h8-15,17H,2-7,16H2,1H3,(H,24,25). The summed E-state index contributed by atoms with van der Waals surface area (Å²) in [6, 6.07) is 14.7. The van der Waals surface area contributed by atoms with Crippen molar-refractivity contribution < 1.29 is 19.1 Å². The number of esters is 1. The second-order valence-electron chi connectivity index (χ2n) is 7.04. The van der Waals surface area contributed by atoms with Gasteiger partial charge in [-0.05, 0) is 67.6 Å². The van der Waals surface area contributed by atoms with E-state index in [0.29, 0.717) is 29.5 Å². The molecule has 0 aromatic heterocycles. The minimum absolute atomic E-state index is 0.0671. The molecule has 0 atom stereocenters. The Morgan fingerprint density at radius 3 is 2.29 bits per heavy atom. The summed E-state index contributed by atoms with van der Waals surface area (Å²) >= 11 is 0. The molecule has 0 bridgehead atoms. The van der Waals surface area contributed by atoms with Crippen molar-refractivity contribution in [3.05, 3.63) is 59.7 Å². The zero-order valence-corrected chi connectivity index (χ0v) is 16.3. The summed E-state index contributed by atoms with van der Waals surface area (Å²) in [6.07, 6.45) is 6.49. The van der Waals surface area contributed by atoms with Crippen molar-refractivity contribution in [1.29, 1.82) is 0 Å². The van der Waals surface area contributed by atoms with E-state index in [1.54, 1.807) is 31.2 Å². The van der Waals surface area contributed by atoms with Gasteiger partial charge < -0.3 is 14.8 Å². The van der Waals surface area contributed by atoms with Crippen LogP contribution in [0.15, 0.2) is 48.5 Å². The summed E-state index contributed by atoms with van der Waals surface area (Å²) in [5.41, 5.74) is 2.42. The van der Waals surface area contributed by atoms with Crippen molar-refractivity contribution in [2.75, 3.05) is 18.5 Å². The number of hydrogen-bond acceptors (Lipinski definition) is 4. The molecule has 0 heterocycles.